The van der Waals surface area contributed by atoms with Gasteiger partial charge in [-0.15, -0.1) is 0 Å². The van der Waals surface area contributed by atoms with Gasteiger partial charge < -0.3 is 30.0 Å². The number of aryl methyl sites for hydroxylation is 1. The summed E-state index contributed by atoms with van der Waals surface area (Å²) in [4.78, 5) is 29.9. The fourth-order valence-electron chi connectivity index (χ4n) is 4.11. The van der Waals surface area contributed by atoms with Gasteiger partial charge in [-0.25, -0.2) is 4.79 Å². The third-order valence-corrected chi connectivity index (χ3v) is 5.57. The van der Waals surface area contributed by atoms with E-state index in [4.69, 9.17) is 9.47 Å². The van der Waals surface area contributed by atoms with Crippen molar-refractivity contribution >= 4 is 28.5 Å². The van der Waals surface area contributed by atoms with E-state index in [2.05, 4.69) is 27.8 Å². The van der Waals surface area contributed by atoms with Crippen LogP contribution >= 0.6 is 0 Å². The number of anilines is 1. The van der Waals surface area contributed by atoms with Crippen molar-refractivity contribution in [1.82, 2.24) is 15.6 Å². The second-order valence-electron chi connectivity index (χ2n) is 7.93. The number of carbonyl (C=O) groups is 2. The summed E-state index contributed by atoms with van der Waals surface area (Å²) in [6, 6.07) is 13.1. The lowest BCUT2D eigenvalue weighted by Crippen LogP contribution is -2.43. The van der Waals surface area contributed by atoms with E-state index in [1.54, 1.807) is 4.90 Å². The molecule has 3 heterocycles. The number of H-pyrrole nitrogens is 1. The van der Waals surface area contributed by atoms with Gasteiger partial charge in [0, 0.05) is 42.5 Å². The lowest BCUT2D eigenvalue weighted by Gasteiger charge is -2.22. The summed E-state index contributed by atoms with van der Waals surface area (Å²) in [5.74, 6) is 1.29. The van der Waals surface area contributed by atoms with Crippen LogP contribution in [0.3, 0.4) is 0 Å². The third kappa shape index (κ3) is 4.01. The van der Waals surface area contributed by atoms with Crippen molar-refractivity contribution in [2.24, 2.45) is 0 Å². The summed E-state index contributed by atoms with van der Waals surface area (Å²) < 4.78 is 11.1. The number of nitrogens with zero attached hydrogens (tertiary/aromatic N) is 1. The molecule has 0 bridgehead atoms. The van der Waals surface area contributed by atoms with Gasteiger partial charge in [0.15, 0.2) is 11.5 Å². The molecule has 160 valence electrons. The summed E-state index contributed by atoms with van der Waals surface area (Å²) in [6.45, 7) is 3.86. The Morgan fingerprint density at radius 2 is 1.97 bits per heavy atom. The molecule has 1 saturated heterocycles. The van der Waals surface area contributed by atoms with Crippen molar-refractivity contribution < 1.29 is 19.1 Å². The van der Waals surface area contributed by atoms with Crippen molar-refractivity contribution in [2.75, 3.05) is 24.7 Å². The van der Waals surface area contributed by atoms with E-state index in [1.807, 2.05) is 37.3 Å². The van der Waals surface area contributed by atoms with Crippen LogP contribution in [0.15, 0.2) is 42.5 Å². The van der Waals surface area contributed by atoms with E-state index >= 15 is 0 Å². The number of amides is 3. The molecule has 1 aromatic heterocycles. The molecule has 0 aliphatic carbocycles. The number of hydrogen-bond acceptors (Lipinski definition) is 4. The van der Waals surface area contributed by atoms with E-state index in [0.29, 0.717) is 37.8 Å². The molecule has 3 N–H and O–H groups in total. The summed E-state index contributed by atoms with van der Waals surface area (Å²) in [5.41, 5.74) is 3.94. The molecule has 0 saturated carbocycles. The molecule has 2 aromatic carbocycles. The molecule has 2 aliphatic rings. The maximum absolute atomic E-state index is 12.5. The second kappa shape index (κ2) is 7.86. The number of aromatic amines is 1. The van der Waals surface area contributed by atoms with Gasteiger partial charge in [0.05, 0.1) is 6.04 Å². The summed E-state index contributed by atoms with van der Waals surface area (Å²) in [7, 11) is 0. The van der Waals surface area contributed by atoms with Gasteiger partial charge in [-0.2, -0.15) is 0 Å². The third-order valence-electron chi connectivity index (χ3n) is 5.57. The molecular weight excluding hydrogens is 396 g/mol. The Balaban J connectivity index is 1.17. The summed E-state index contributed by atoms with van der Waals surface area (Å²) in [5, 5.41) is 6.91. The van der Waals surface area contributed by atoms with E-state index in [0.717, 1.165) is 27.8 Å². The van der Waals surface area contributed by atoms with E-state index in [-0.39, 0.29) is 24.4 Å². The van der Waals surface area contributed by atoms with Crippen molar-refractivity contribution in [1.29, 1.82) is 0 Å². The van der Waals surface area contributed by atoms with E-state index in [9.17, 15) is 9.59 Å². The molecule has 1 fully saturated rings. The Morgan fingerprint density at radius 3 is 2.84 bits per heavy atom. The van der Waals surface area contributed by atoms with Crippen molar-refractivity contribution in [3.63, 3.8) is 0 Å². The SMILES string of the molecule is Cc1cc2cc(CNC(=O)N[C@@H]3CC(=O)N(c4ccc5c(c4)OCCO5)C3)ccc2[nH]1. The predicted molar refractivity (Wildman–Crippen MR) is 117 cm³/mol. The van der Waals surface area contributed by atoms with Crippen molar-refractivity contribution in [3.05, 3.63) is 53.7 Å². The number of aromatic nitrogens is 1. The molecule has 2 aliphatic heterocycles. The quantitative estimate of drug-likeness (QED) is 0.605. The van der Waals surface area contributed by atoms with Gasteiger partial charge >= 0.3 is 6.03 Å². The van der Waals surface area contributed by atoms with Gasteiger partial charge in [0.25, 0.3) is 0 Å². The van der Waals surface area contributed by atoms with Crippen LogP contribution in [0.2, 0.25) is 0 Å². The first-order chi connectivity index (χ1) is 15.0. The molecular formula is C23H24N4O4. The molecule has 5 rings (SSSR count). The Bertz CT molecular complexity index is 1160. The van der Waals surface area contributed by atoms with Crippen LogP contribution in [-0.2, 0) is 11.3 Å². The average molecular weight is 420 g/mol. The highest BCUT2D eigenvalue weighted by atomic mass is 16.6. The van der Waals surface area contributed by atoms with Crippen LogP contribution < -0.4 is 25.0 Å². The zero-order chi connectivity index (χ0) is 21.4. The molecule has 0 unspecified atom stereocenters. The smallest absolute Gasteiger partial charge is 0.315 e. The van der Waals surface area contributed by atoms with E-state index in [1.165, 1.54) is 0 Å². The van der Waals surface area contributed by atoms with Gasteiger partial charge in [0.2, 0.25) is 5.91 Å². The van der Waals surface area contributed by atoms with Gasteiger partial charge in [-0.05, 0) is 48.2 Å². The maximum atomic E-state index is 12.5. The first-order valence-electron chi connectivity index (χ1n) is 10.4. The fraction of sp³-hybridized carbons (Fsp3) is 0.304. The Morgan fingerprint density at radius 1 is 1.13 bits per heavy atom. The first kappa shape index (κ1) is 19.3. The van der Waals surface area contributed by atoms with E-state index < -0.39 is 0 Å². The average Bonchev–Trinajstić information content (AvgIpc) is 3.32. The number of fused-ring (bicyclic) bond motifs is 2. The van der Waals surface area contributed by atoms with Crippen molar-refractivity contribution in [2.45, 2.75) is 25.9 Å². The highest BCUT2D eigenvalue weighted by Gasteiger charge is 2.32. The lowest BCUT2D eigenvalue weighted by molar-refractivity contribution is -0.117. The van der Waals surface area contributed by atoms with Crippen molar-refractivity contribution in [3.8, 4) is 11.5 Å². The standard InChI is InChI=1S/C23H24N4O4/c1-14-8-16-9-15(2-4-19(16)25-14)12-24-23(29)26-17-10-22(28)27(13-17)18-3-5-20-21(11-18)31-7-6-30-20/h2-5,8-9,11,17,25H,6-7,10,12-13H2,1H3,(H2,24,26,29)/t17-/m1/s1. The molecule has 8 heteroatoms. The molecule has 8 nitrogen and oxygen atoms in total. The lowest BCUT2D eigenvalue weighted by atomic mass is 10.1. The zero-order valence-corrected chi connectivity index (χ0v) is 17.2. The van der Waals surface area contributed by atoms with Crippen LogP contribution in [0.25, 0.3) is 10.9 Å². The fourth-order valence-corrected chi connectivity index (χ4v) is 4.11. The number of hydrogen-bond donors (Lipinski definition) is 3. The highest BCUT2D eigenvalue weighted by molar-refractivity contribution is 5.97. The highest BCUT2D eigenvalue weighted by Crippen LogP contribution is 2.35. The van der Waals surface area contributed by atoms with Crippen LogP contribution in [0, 0.1) is 6.92 Å². The number of benzene rings is 2. The first-order valence-corrected chi connectivity index (χ1v) is 10.4. The minimum atomic E-state index is -0.285. The van der Waals surface area contributed by atoms with Gasteiger partial charge in [-0.1, -0.05) is 6.07 Å². The largest absolute Gasteiger partial charge is 0.486 e. The number of urea groups is 1. The maximum Gasteiger partial charge on any atom is 0.315 e. The van der Waals surface area contributed by atoms with Gasteiger partial charge in [-0.3, -0.25) is 4.79 Å². The van der Waals surface area contributed by atoms with Crippen LogP contribution in [0.1, 0.15) is 17.7 Å². The molecule has 0 radical (unpaired) electrons. The molecule has 1 atom stereocenters. The van der Waals surface area contributed by atoms with Gasteiger partial charge in [0.1, 0.15) is 13.2 Å². The normalized spacial score (nSPS) is 17.8. The van der Waals surface area contributed by atoms with Crippen LogP contribution in [0.5, 0.6) is 11.5 Å². The number of carbonyl (C=O) groups excluding carboxylic acids is 2. The Hall–Kier alpha value is -3.68. The zero-order valence-electron chi connectivity index (χ0n) is 17.2. The number of nitrogens with one attached hydrogen (secondary N) is 3. The summed E-state index contributed by atoms with van der Waals surface area (Å²) >= 11 is 0. The molecule has 31 heavy (non-hydrogen) atoms. The molecule has 3 aromatic rings. The van der Waals surface area contributed by atoms with Crippen LogP contribution in [-0.4, -0.2) is 42.7 Å². The summed E-state index contributed by atoms with van der Waals surface area (Å²) in [6.07, 6.45) is 0.260. The monoisotopic (exact) mass is 420 g/mol. The molecule has 0 spiro atoms. The Kier molecular flexibility index (Phi) is 4.89. The Labute approximate surface area is 179 Å². The predicted octanol–water partition coefficient (Wildman–Crippen LogP) is 2.85. The second-order valence-corrected chi connectivity index (χ2v) is 7.93. The minimum Gasteiger partial charge on any atom is -0.486 e. The van der Waals surface area contributed by atoms with Crippen LogP contribution in [0.4, 0.5) is 10.5 Å². The minimum absolute atomic E-state index is 0.0322. The molecule has 3 amide bonds. The number of ether oxygens (including phenoxy) is 2. The number of rotatable bonds is 4. The topological polar surface area (TPSA) is 95.7 Å².